The van der Waals surface area contributed by atoms with Crippen molar-refractivity contribution in [1.82, 2.24) is 10.2 Å². The number of amides is 3. The molecule has 1 heterocycles. The summed E-state index contributed by atoms with van der Waals surface area (Å²) in [5.41, 5.74) is 4.00. The van der Waals surface area contributed by atoms with E-state index in [4.69, 9.17) is 5.73 Å². The van der Waals surface area contributed by atoms with Gasteiger partial charge < -0.3 is 16.0 Å². The number of carbonyl (C=O) groups excluding carboxylic acids is 3. The van der Waals surface area contributed by atoms with E-state index < -0.39 is 29.5 Å². The number of hydrogen-bond acceptors (Lipinski definition) is 3. The van der Waals surface area contributed by atoms with Crippen LogP contribution in [0.1, 0.15) is 28.8 Å². The van der Waals surface area contributed by atoms with Crippen molar-refractivity contribution in [2.24, 2.45) is 11.7 Å². The molecule has 0 radical (unpaired) electrons. The number of ketones is 1. The summed E-state index contributed by atoms with van der Waals surface area (Å²) in [6.07, 6.45) is -3.48. The van der Waals surface area contributed by atoms with Crippen molar-refractivity contribution in [3.63, 3.8) is 0 Å². The molecular formula is C16H18F3N3O3. The number of likely N-dealkylation sites (tertiary alicyclic amines) is 1. The van der Waals surface area contributed by atoms with Crippen molar-refractivity contribution < 1.29 is 27.6 Å². The fourth-order valence-corrected chi connectivity index (χ4v) is 2.78. The highest BCUT2D eigenvalue weighted by molar-refractivity contribution is 5.98. The molecule has 3 amide bonds. The van der Waals surface area contributed by atoms with Crippen molar-refractivity contribution in [3.05, 3.63) is 35.4 Å². The molecule has 1 aliphatic rings. The number of halogens is 3. The molecule has 1 saturated heterocycles. The van der Waals surface area contributed by atoms with E-state index in [2.05, 4.69) is 5.32 Å². The number of Topliss-reactive ketones (excluding diaryl/α,β-unsaturated/α-hetero) is 1. The second-order valence-corrected chi connectivity index (χ2v) is 5.84. The average molecular weight is 357 g/mol. The fraction of sp³-hybridized carbons (Fsp3) is 0.438. The Morgan fingerprint density at radius 2 is 2.00 bits per heavy atom. The number of alkyl halides is 3. The highest BCUT2D eigenvalue weighted by Crippen LogP contribution is 2.30. The van der Waals surface area contributed by atoms with E-state index >= 15 is 0 Å². The number of nitrogens with two attached hydrogens (primary N) is 1. The smallest absolute Gasteiger partial charge is 0.352 e. The maximum absolute atomic E-state index is 12.8. The van der Waals surface area contributed by atoms with Gasteiger partial charge in [-0.15, -0.1) is 0 Å². The van der Waals surface area contributed by atoms with Gasteiger partial charge in [-0.05, 0) is 25.0 Å². The monoisotopic (exact) mass is 357 g/mol. The van der Waals surface area contributed by atoms with Crippen molar-refractivity contribution in [2.45, 2.75) is 19.0 Å². The number of nitrogens with zero attached hydrogens (tertiary/aromatic N) is 1. The minimum atomic E-state index is -4.52. The van der Waals surface area contributed by atoms with Gasteiger partial charge in [0.1, 0.15) is 0 Å². The first-order valence-electron chi connectivity index (χ1n) is 7.71. The van der Waals surface area contributed by atoms with Crippen molar-refractivity contribution in [2.75, 3.05) is 19.6 Å². The summed E-state index contributed by atoms with van der Waals surface area (Å²) in [7, 11) is 0. The zero-order chi connectivity index (χ0) is 18.6. The molecule has 136 valence electrons. The first kappa shape index (κ1) is 18.8. The van der Waals surface area contributed by atoms with Gasteiger partial charge in [-0.3, -0.25) is 9.59 Å². The number of benzene rings is 1. The molecule has 1 fully saturated rings. The lowest BCUT2D eigenvalue weighted by atomic mass is 9.89. The molecule has 2 rings (SSSR count). The molecule has 1 atom stereocenters. The molecule has 0 aliphatic carbocycles. The number of primary amides is 1. The van der Waals surface area contributed by atoms with Gasteiger partial charge in [-0.2, -0.15) is 13.2 Å². The number of urea groups is 1. The number of rotatable bonds is 4. The maximum atomic E-state index is 12.8. The maximum Gasteiger partial charge on any atom is 0.416 e. The summed E-state index contributed by atoms with van der Waals surface area (Å²) in [4.78, 5) is 36.6. The van der Waals surface area contributed by atoms with Crippen LogP contribution < -0.4 is 11.1 Å². The lowest BCUT2D eigenvalue weighted by molar-refractivity contribution is -0.137. The normalized spacial score (nSPS) is 17.9. The molecule has 1 aromatic carbocycles. The van der Waals surface area contributed by atoms with E-state index in [-0.39, 0.29) is 24.6 Å². The molecule has 0 aromatic heterocycles. The Labute approximate surface area is 142 Å². The van der Waals surface area contributed by atoms with Gasteiger partial charge in [0.25, 0.3) is 0 Å². The van der Waals surface area contributed by atoms with Gasteiger partial charge in [0.2, 0.25) is 5.91 Å². The molecule has 0 spiro atoms. The Balaban J connectivity index is 2.07. The van der Waals surface area contributed by atoms with Gasteiger partial charge in [0.05, 0.1) is 12.1 Å². The minimum Gasteiger partial charge on any atom is -0.352 e. The quantitative estimate of drug-likeness (QED) is 0.805. The van der Waals surface area contributed by atoms with Crippen LogP contribution in [0.25, 0.3) is 0 Å². The van der Waals surface area contributed by atoms with E-state index in [1.165, 1.54) is 17.0 Å². The summed E-state index contributed by atoms with van der Waals surface area (Å²) in [6.45, 7) is 0.250. The third-order valence-corrected chi connectivity index (χ3v) is 4.03. The lowest BCUT2D eigenvalue weighted by Crippen LogP contribution is -2.47. The second-order valence-electron chi connectivity index (χ2n) is 5.84. The Bertz CT molecular complexity index is 676. The fourth-order valence-electron chi connectivity index (χ4n) is 2.78. The lowest BCUT2D eigenvalue weighted by Gasteiger charge is -2.32. The van der Waals surface area contributed by atoms with Crippen LogP contribution >= 0.6 is 0 Å². The first-order chi connectivity index (χ1) is 11.7. The highest BCUT2D eigenvalue weighted by Gasteiger charge is 2.33. The standard InChI is InChI=1S/C16H18F3N3O3/c17-16(18,19)12-5-1-3-10(7-12)14(24)11-4-2-6-22(9-11)13(23)8-21-15(20)25/h1,3,5,7,11H,2,4,6,8-9H2,(H3,20,21,25)/t11-/m1/s1. The van der Waals surface area contributed by atoms with Crippen LogP contribution in [0.2, 0.25) is 0 Å². The third kappa shape index (κ3) is 4.94. The molecule has 0 saturated carbocycles. The number of nitrogens with one attached hydrogen (secondary N) is 1. The Morgan fingerprint density at radius 3 is 2.64 bits per heavy atom. The zero-order valence-corrected chi connectivity index (χ0v) is 13.3. The van der Waals surface area contributed by atoms with Crippen molar-refractivity contribution in [1.29, 1.82) is 0 Å². The summed E-state index contributed by atoms with van der Waals surface area (Å²) >= 11 is 0. The molecule has 0 bridgehead atoms. The molecule has 1 aromatic rings. The molecule has 9 heteroatoms. The summed E-state index contributed by atoms with van der Waals surface area (Å²) in [5.74, 6) is -1.39. The van der Waals surface area contributed by atoms with Gasteiger partial charge in [-0.25, -0.2) is 4.79 Å². The average Bonchev–Trinajstić information content (AvgIpc) is 2.58. The molecule has 1 aliphatic heterocycles. The van der Waals surface area contributed by atoms with E-state index in [1.54, 1.807) is 0 Å². The van der Waals surface area contributed by atoms with Gasteiger partial charge in [0, 0.05) is 24.6 Å². The van der Waals surface area contributed by atoms with Gasteiger partial charge >= 0.3 is 12.2 Å². The first-order valence-corrected chi connectivity index (χ1v) is 7.71. The van der Waals surface area contributed by atoms with Crippen molar-refractivity contribution in [3.8, 4) is 0 Å². The summed E-state index contributed by atoms with van der Waals surface area (Å²) in [5, 5.41) is 2.18. The predicted molar refractivity (Wildman–Crippen MR) is 82.7 cm³/mol. The summed E-state index contributed by atoms with van der Waals surface area (Å²) in [6, 6.07) is 3.44. The minimum absolute atomic E-state index is 0.0237. The van der Waals surface area contributed by atoms with Crippen LogP contribution in [-0.2, 0) is 11.0 Å². The van der Waals surface area contributed by atoms with E-state index in [0.29, 0.717) is 19.4 Å². The van der Waals surface area contributed by atoms with Gasteiger partial charge in [-0.1, -0.05) is 12.1 Å². The summed E-state index contributed by atoms with van der Waals surface area (Å²) < 4.78 is 38.3. The second kappa shape index (κ2) is 7.54. The Kier molecular flexibility index (Phi) is 5.66. The topological polar surface area (TPSA) is 92.5 Å². The molecule has 3 N–H and O–H groups in total. The predicted octanol–water partition coefficient (Wildman–Crippen LogP) is 1.79. The molecule has 6 nitrogen and oxygen atoms in total. The van der Waals surface area contributed by atoms with Crippen LogP contribution in [0.4, 0.5) is 18.0 Å². The SMILES string of the molecule is NC(=O)NCC(=O)N1CCC[C@@H](C(=O)c2cccc(C(F)(F)F)c2)C1. The number of carbonyl (C=O) groups is 3. The largest absolute Gasteiger partial charge is 0.416 e. The Morgan fingerprint density at radius 1 is 1.28 bits per heavy atom. The zero-order valence-electron chi connectivity index (χ0n) is 13.3. The van der Waals surface area contributed by atoms with Gasteiger partial charge in [0.15, 0.2) is 5.78 Å². The van der Waals surface area contributed by atoms with Crippen LogP contribution in [0.5, 0.6) is 0 Å². The third-order valence-electron chi connectivity index (χ3n) is 4.03. The van der Waals surface area contributed by atoms with Crippen LogP contribution in [0, 0.1) is 5.92 Å². The Hall–Kier alpha value is -2.58. The molecule has 0 unspecified atom stereocenters. The van der Waals surface area contributed by atoms with E-state index in [9.17, 15) is 27.6 Å². The van der Waals surface area contributed by atoms with Crippen LogP contribution in [0.3, 0.4) is 0 Å². The van der Waals surface area contributed by atoms with Crippen molar-refractivity contribution >= 4 is 17.7 Å². The van der Waals surface area contributed by atoms with E-state index in [1.807, 2.05) is 0 Å². The van der Waals surface area contributed by atoms with Crippen LogP contribution in [-0.4, -0.2) is 42.3 Å². The van der Waals surface area contributed by atoms with E-state index in [0.717, 1.165) is 12.1 Å². The molecular weight excluding hydrogens is 339 g/mol. The van der Waals surface area contributed by atoms with Crippen LogP contribution in [0.15, 0.2) is 24.3 Å². The number of hydrogen-bond donors (Lipinski definition) is 2. The molecule has 25 heavy (non-hydrogen) atoms. The highest BCUT2D eigenvalue weighted by atomic mass is 19.4. The number of piperidine rings is 1.